The van der Waals surface area contributed by atoms with Gasteiger partial charge in [-0.2, -0.15) is 11.8 Å². The Kier molecular flexibility index (Phi) is 6.02. The van der Waals surface area contributed by atoms with Gasteiger partial charge in [-0.3, -0.25) is 0 Å². The van der Waals surface area contributed by atoms with Crippen molar-refractivity contribution in [3.8, 4) is 0 Å². The highest BCUT2D eigenvalue weighted by Crippen LogP contribution is 2.25. The van der Waals surface area contributed by atoms with Gasteiger partial charge in [-0.1, -0.05) is 20.8 Å². The highest BCUT2D eigenvalue weighted by molar-refractivity contribution is 7.99. The van der Waals surface area contributed by atoms with Crippen LogP contribution >= 0.6 is 11.8 Å². The predicted molar refractivity (Wildman–Crippen MR) is 68.6 cm³/mol. The third kappa shape index (κ3) is 4.33. The average molecular weight is 231 g/mol. The molecule has 0 bridgehead atoms. The maximum Gasteiger partial charge on any atom is 0.0618 e. The fourth-order valence-electron chi connectivity index (χ4n) is 2.03. The van der Waals surface area contributed by atoms with Gasteiger partial charge >= 0.3 is 0 Å². The second-order valence-corrected chi connectivity index (χ2v) is 6.28. The van der Waals surface area contributed by atoms with Crippen LogP contribution in [0, 0.1) is 5.92 Å². The quantitative estimate of drug-likeness (QED) is 0.785. The number of thioether (sulfide) groups is 1. The molecule has 1 rings (SSSR count). The molecule has 1 saturated heterocycles. The van der Waals surface area contributed by atoms with Gasteiger partial charge in [0.15, 0.2) is 0 Å². The number of ether oxygens (including phenoxy) is 1. The molecule has 3 heteroatoms. The first-order valence-electron chi connectivity index (χ1n) is 6.01. The lowest BCUT2D eigenvalue weighted by Gasteiger charge is -2.34. The third-order valence-electron chi connectivity index (χ3n) is 3.19. The van der Waals surface area contributed by atoms with Crippen molar-refractivity contribution in [2.75, 3.05) is 19.5 Å². The Morgan fingerprint density at radius 3 is 2.73 bits per heavy atom. The molecule has 0 aromatic rings. The molecule has 1 heterocycles. The summed E-state index contributed by atoms with van der Waals surface area (Å²) in [4.78, 5) is 0. The van der Waals surface area contributed by atoms with E-state index in [4.69, 9.17) is 4.74 Å². The molecular formula is C12H25NOS. The molecule has 0 saturated carbocycles. The maximum atomic E-state index is 5.27. The van der Waals surface area contributed by atoms with E-state index in [9.17, 15) is 0 Å². The van der Waals surface area contributed by atoms with E-state index in [1.807, 2.05) is 0 Å². The van der Waals surface area contributed by atoms with E-state index in [-0.39, 0.29) is 0 Å². The standard InChI is InChI=1S/C12H25NOS/c1-9(2)12(8-14-4)13-11-6-5-7-15-10(11)3/h9-13H,5-8H2,1-4H3. The van der Waals surface area contributed by atoms with Crippen molar-refractivity contribution in [1.29, 1.82) is 0 Å². The summed E-state index contributed by atoms with van der Waals surface area (Å²) in [5, 5.41) is 4.51. The summed E-state index contributed by atoms with van der Waals surface area (Å²) in [5.41, 5.74) is 0. The number of methoxy groups -OCH3 is 1. The van der Waals surface area contributed by atoms with Crippen molar-refractivity contribution in [2.24, 2.45) is 5.92 Å². The molecule has 1 fully saturated rings. The van der Waals surface area contributed by atoms with Gasteiger partial charge in [0.05, 0.1) is 6.61 Å². The minimum atomic E-state index is 0.501. The van der Waals surface area contributed by atoms with Crippen LogP contribution < -0.4 is 5.32 Å². The highest BCUT2D eigenvalue weighted by Gasteiger charge is 2.25. The van der Waals surface area contributed by atoms with Crippen molar-refractivity contribution in [3.05, 3.63) is 0 Å². The van der Waals surface area contributed by atoms with Crippen molar-refractivity contribution >= 4 is 11.8 Å². The van der Waals surface area contributed by atoms with Gasteiger partial charge in [-0.15, -0.1) is 0 Å². The molecule has 0 aromatic carbocycles. The van der Waals surface area contributed by atoms with Crippen LogP contribution in [0.4, 0.5) is 0 Å². The van der Waals surface area contributed by atoms with Gasteiger partial charge in [0.2, 0.25) is 0 Å². The van der Waals surface area contributed by atoms with Crippen molar-refractivity contribution < 1.29 is 4.74 Å². The van der Waals surface area contributed by atoms with Gasteiger partial charge < -0.3 is 10.1 Å². The Labute approximate surface area is 98.5 Å². The number of hydrogen-bond donors (Lipinski definition) is 1. The summed E-state index contributed by atoms with van der Waals surface area (Å²) in [5.74, 6) is 1.97. The Bertz CT molecular complexity index is 173. The highest BCUT2D eigenvalue weighted by atomic mass is 32.2. The van der Waals surface area contributed by atoms with E-state index >= 15 is 0 Å². The zero-order valence-electron chi connectivity index (χ0n) is 10.5. The van der Waals surface area contributed by atoms with E-state index in [0.29, 0.717) is 18.0 Å². The number of rotatable bonds is 5. The summed E-state index contributed by atoms with van der Waals surface area (Å²) in [7, 11) is 1.79. The first-order valence-corrected chi connectivity index (χ1v) is 7.06. The van der Waals surface area contributed by atoms with E-state index < -0.39 is 0 Å². The monoisotopic (exact) mass is 231 g/mol. The van der Waals surface area contributed by atoms with Gasteiger partial charge in [-0.05, 0) is 24.5 Å². The second-order valence-electron chi connectivity index (χ2n) is 4.80. The Hall–Kier alpha value is 0.270. The normalized spacial score (nSPS) is 29.4. The topological polar surface area (TPSA) is 21.3 Å². The third-order valence-corrected chi connectivity index (χ3v) is 4.56. The first-order chi connectivity index (χ1) is 7.15. The summed E-state index contributed by atoms with van der Waals surface area (Å²) in [6.45, 7) is 7.69. The molecule has 0 radical (unpaired) electrons. The van der Waals surface area contributed by atoms with Crippen LogP contribution in [-0.4, -0.2) is 36.8 Å². The van der Waals surface area contributed by atoms with Crippen LogP contribution in [0.15, 0.2) is 0 Å². The fourth-order valence-corrected chi connectivity index (χ4v) is 3.18. The zero-order chi connectivity index (χ0) is 11.3. The SMILES string of the molecule is COCC(NC1CCCSC1C)C(C)C. The largest absolute Gasteiger partial charge is 0.383 e. The minimum absolute atomic E-state index is 0.501. The Balaban J connectivity index is 2.41. The molecule has 0 spiro atoms. The average Bonchev–Trinajstić information content (AvgIpc) is 2.20. The van der Waals surface area contributed by atoms with E-state index in [2.05, 4.69) is 37.8 Å². The van der Waals surface area contributed by atoms with Crippen molar-refractivity contribution in [3.63, 3.8) is 0 Å². The molecule has 1 aliphatic heterocycles. The van der Waals surface area contributed by atoms with Crippen LogP contribution in [0.25, 0.3) is 0 Å². The molecule has 15 heavy (non-hydrogen) atoms. The van der Waals surface area contributed by atoms with Crippen molar-refractivity contribution in [1.82, 2.24) is 5.32 Å². The minimum Gasteiger partial charge on any atom is -0.383 e. The van der Waals surface area contributed by atoms with Gasteiger partial charge in [0.25, 0.3) is 0 Å². The summed E-state index contributed by atoms with van der Waals surface area (Å²) >= 11 is 2.09. The van der Waals surface area contributed by atoms with Gasteiger partial charge in [-0.25, -0.2) is 0 Å². The molecule has 0 aromatic heterocycles. The lowest BCUT2D eigenvalue weighted by Crippen LogP contribution is -2.49. The van der Waals surface area contributed by atoms with E-state index in [1.54, 1.807) is 7.11 Å². The summed E-state index contributed by atoms with van der Waals surface area (Å²) in [6.07, 6.45) is 2.67. The first kappa shape index (κ1) is 13.3. The van der Waals surface area contributed by atoms with Crippen molar-refractivity contribution in [2.45, 2.75) is 50.9 Å². The summed E-state index contributed by atoms with van der Waals surface area (Å²) in [6, 6.07) is 1.17. The Morgan fingerprint density at radius 2 is 2.20 bits per heavy atom. The molecule has 1 N–H and O–H groups in total. The van der Waals surface area contributed by atoms with Crippen LogP contribution in [0.3, 0.4) is 0 Å². The molecule has 3 unspecified atom stereocenters. The van der Waals surface area contributed by atoms with E-state index in [1.165, 1.54) is 18.6 Å². The molecule has 0 amide bonds. The number of nitrogens with one attached hydrogen (secondary N) is 1. The molecule has 90 valence electrons. The Morgan fingerprint density at radius 1 is 1.47 bits per heavy atom. The maximum absolute atomic E-state index is 5.27. The molecule has 2 nitrogen and oxygen atoms in total. The molecular weight excluding hydrogens is 206 g/mol. The number of hydrogen-bond acceptors (Lipinski definition) is 3. The zero-order valence-corrected chi connectivity index (χ0v) is 11.3. The van der Waals surface area contributed by atoms with Crippen LogP contribution in [0.5, 0.6) is 0 Å². The lowest BCUT2D eigenvalue weighted by molar-refractivity contribution is 0.138. The van der Waals surface area contributed by atoms with Crippen LogP contribution in [0.2, 0.25) is 0 Å². The van der Waals surface area contributed by atoms with E-state index in [0.717, 1.165) is 11.9 Å². The molecule has 1 aliphatic rings. The van der Waals surface area contributed by atoms with Crippen LogP contribution in [0.1, 0.15) is 33.6 Å². The molecule has 0 aliphatic carbocycles. The van der Waals surface area contributed by atoms with Gasteiger partial charge in [0, 0.05) is 24.4 Å². The fraction of sp³-hybridized carbons (Fsp3) is 1.00. The second kappa shape index (κ2) is 6.77. The van der Waals surface area contributed by atoms with Crippen LogP contribution in [-0.2, 0) is 4.74 Å². The molecule has 3 atom stereocenters. The summed E-state index contributed by atoms with van der Waals surface area (Å²) < 4.78 is 5.27. The van der Waals surface area contributed by atoms with Gasteiger partial charge in [0.1, 0.15) is 0 Å². The smallest absolute Gasteiger partial charge is 0.0618 e. The predicted octanol–water partition coefficient (Wildman–Crippen LogP) is 2.53. The lowest BCUT2D eigenvalue weighted by atomic mass is 10.0.